The third kappa shape index (κ3) is 8.05. The van der Waals surface area contributed by atoms with E-state index in [1.165, 1.54) is 20.4 Å². The van der Waals surface area contributed by atoms with Gasteiger partial charge in [0.25, 0.3) is 5.91 Å². The van der Waals surface area contributed by atoms with E-state index in [9.17, 15) is 9.59 Å². The molecular formula is C30H34N6O5. The molecule has 0 aliphatic carbocycles. The number of aromatic nitrogens is 3. The lowest BCUT2D eigenvalue weighted by molar-refractivity contribution is -0.119. The summed E-state index contributed by atoms with van der Waals surface area (Å²) in [7, 11) is 2.94. The largest absolute Gasteiger partial charge is 0.493 e. The van der Waals surface area contributed by atoms with Crippen molar-refractivity contribution in [2.24, 2.45) is 0 Å². The number of methoxy groups -OCH3 is 2. The van der Waals surface area contributed by atoms with Gasteiger partial charge in [-0.3, -0.25) is 10.1 Å². The first-order valence-electron chi connectivity index (χ1n) is 13.2. The summed E-state index contributed by atoms with van der Waals surface area (Å²) in [5.74, 6) is 1.81. The number of aryl methyl sites for hydroxylation is 2. The molecule has 2 heterocycles. The Morgan fingerprint density at radius 2 is 1.73 bits per heavy atom. The molecule has 0 saturated heterocycles. The lowest BCUT2D eigenvalue weighted by Gasteiger charge is -2.14. The number of hydrogen-bond acceptors (Lipinski definition) is 7. The van der Waals surface area contributed by atoms with E-state index < -0.39 is 6.03 Å². The van der Waals surface area contributed by atoms with Crippen molar-refractivity contribution in [3.63, 3.8) is 0 Å². The van der Waals surface area contributed by atoms with Crippen molar-refractivity contribution >= 4 is 29.3 Å². The number of carbonyl (C=O) groups is 2. The zero-order valence-corrected chi connectivity index (χ0v) is 23.6. The third-order valence-corrected chi connectivity index (χ3v) is 5.99. The van der Waals surface area contributed by atoms with Crippen molar-refractivity contribution in [3.8, 4) is 22.9 Å². The maximum atomic E-state index is 13.0. The van der Waals surface area contributed by atoms with Crippen LogP contribution in [0.3, 0.4) is 0 Å². The number of rotatable bonds is 12. The Kier molecular flexibility index (Phi) is 9.89. The number of nitrogens with zero attached hydrogens (tertiary/aromatic N) is 3. The van der Waals surface area contributed by atoms with Crippen LogP contribution in [0.2, 0.25) is 0 Å². The minimum Gasteiger partial charge on any atom is -0.493 e. The van der Waals surface area contributed by atoms with Gasteiger partial charge in [-0.2, -0.15) is 5.10 Å². The highest BCUT2D eigenvalue weighted by Crippen LogP contribution is 2.34. The average Bonchev–Trinajstić information content (AvgIpc) is 3.35. The first kappa shape index (κ1) is 29.1. The molecule has 2 aromatic carbocycles. The minimum absolute atomic E-state index is 0.0864. The molecule has 0 bridgehead atoms. The highest BCUT2D eigenvalue weighted by Gasteiger charge is 2.15. The summed E-state index contributed by atoms with van der Waals surface area (Å²) in [6.07, 6.45) is 4.39. The number of hydrogen-bond donors (Lipinski definition) is 3. The molecular weight excluding hydrogens is 524 g/mol. The Bertz CT molecular complexity index is 1490. The standard InChI is InChI=1S/C30H34N6O5/c1-5-6-7-22-17-28(36(35-22)23-11-8-20(2)9-12-23)34-30(38)32-21-10-13-25(26(16-21)40-4)41-24-14-15-31-27(18-24)33-29(37)19-39-3/h8-18H,5-7,19H2,1-4H3,(H,31,33,37)(H2,32,34,38). The second-order valence-corrected chi connectivity index (χ2v) is 9.28. The van der Waals surface area contributed by atoms with Crippen LogP contribution in [0, 0.1) is 6.92 Å². The van der Waals surface area contributed by atoms with E-state index in [4.69, 9.17) is 19.3 Å². The highest BCUT2D eigenvalue weighted by atomic mass is 16.5. The second-order valence-electron chi connectivity index (χ2n) is 9.28. The second kappa shape index (κ2) is 13.9. The molecule has 2 aromatic heterocycles. The summed E-state index contributed by atoms with van der Waals surface area (Å²) in [6.45, 7) is 4.07. The van der Waals surface area contributed by atoms with Gasteiger partial charge in [0.2, 0.25) is 0 Å². The van der Waals surface area contributed by atoms with Crippen LogP contribution in [0.25, 0.3) is 5.69 Å². The summed E-state index contributed by atoms with van der Waals surface area (Å²) in [4.78, 5) is 28.9. The van der Waals surface area contributed by atoms with E-state index in [1.54, 1.807) is 35.0 Å². The Morgan fingerprint density at radius 3 is 2.46 bits per heavy atom. The van der Waals surface area contributed by atoms with Crippen molar-refractivity contribution in [1.29, 1.82) is 0 Å². The molecule has 11 heteroatoms. The zero-order chi connectivity index (χ0) is 29.2. The Labute approximate surface area is 238 Å². The van der Waals surface area contributed by atoms with Gasteiger partial charge in [0.15, 0.2) is 11.5 Å². The number of benzene rings is 2. The molecule has 0 aliphatic heterocycles. The SMILES string of the molecule is CCCCc1cc(NC(=O)Nc2ccc(Oc3ccnc(NC(=O)COC)c3)c(OC)c2)n(-c2ccc(C)cc2)n1. The third-order valence-electron chi connectivity index (χ3n) is 5.99. The number of carbonyl (C=O) groups excluding carboxylic acids is 2. The molecule has 0 fully saturated rings. The van der Waals surface area contributed by atoms with Gasteiger partial charge in [0, 0.05) is 37.2 Å². The number of urea groups is 1. The average molecular weight is 559 g/mol. The van der Waals surface area contributed by atoms with Crippen molar-refractivity contribution in [2.75, 3.05) is 36.8 Å². The number of pyridine rings is 1. The first-order valence-corrected chi connectivity index (χ1v) is 13.2. The van der Waals surface area contributed by atoms with Crippen LogP contribution in [0.5, 0.6) is 17.2 Å². The van der Waals surface area contributed by atoms with Gasteiger partial charge >= 0.3 is 6.03 Å². The molecule has 0 aliphatic rings. The zero-order valence-electron chi connectivity index (χ0n) is 23.6. The smallest absolute Gasteiger partial charge is 0.324 e. The quantitative estimate of drug-likeness (QED) is 0.196. The van der Waals surface area contributed by atoms with E-state index in [1.807, 2.05) is 37.3 Å². The van der Waals surface area contributed by atoms with Crippen LogP contribution in [-0.2, 0) is 16.0 Å². The van der Waals surface area contributed by atoms with Crippen LogP contribution in [-0.4, -0.2) is 47.5 Å². The van der Waals surface area contributed by atoms with Crippen molar-refractivity contribution < 1.29 is 23.8 Å². The van der Waals surface area contributed by atoms with Crippen LogP contribution in [0.4, 0.5) is 22.1 Å². The molecule has 0 spiro atoms. The first-order chi connectivity index (χ1) is 19.9. The van der Waals surface area contributed by atoms with E-state index >= 15 is 0 Å². The fraction of sp³-hybridized carbons (Fsp3) is 0.267. The summed E-state index contributed by atoms with van der Waals surface area (Å²) >= 11 is 0. The summed E-state index contributed by atoms with van der Waals surface area (Å²) in [5.41, 5.74) is 3.40. The number of unbranched alkanes of at least 4 members (excludes halogenated alkanes) is 1. The van der Waals surface area contributed by atoms with Gasteiger partial charge in [0.1, 0.15) is 24.0 Å². The lowest BCUT2D eigenvalue weighted by Crippen LogP contribution is -2.21. The Hall–Kier alpha value is -4.90. The van der Waals surface area contributed by atoms with Gasteiger partial charge in [-0.05, 0) is 50.1 Å². The highest BCUT2D eigenvalue weighted by molar-refractivity contribution is 5.99. The van der Waals surface area contributed by atoms with E-state index in [-0.39, 0.29) is 12.5 Å². The summed E-state index contributed by atoms with van der Waals surface area (Å²) in [5, 5.41) is 13.1. The van der Waals surface area contributed by atoms with Gasteiger partial charge in [-0.25, -0.2) is 14.5 Å². The molecule has 0 saturated carbocycles. The Morgan fingerprint density at radius 1 is 0.927 bits per heavy atom. The monoisotopic (exact) mass is 558 g/mol. The maximum absolute atomic E-state index is 13.0. The molecule has 11 nitrogen and oxygen atoms in total. The molecule has 0 radical (unpaired) electrons. The van der Waals surface area contributed by atoms with Crippen molar-refractivity contribution in [2.45, 2.75) is 33.1 Å². The van der Waals surface area contributed by atoms with Crippen molar-refractivity contribution in [1.82, 2.24) is 14.8 Å². The fourth-order valence-corrected chi connectivity index (χ4v) is 3.97. The predicted octanol–water partition coefficient (Wildman–Crippen LogP) is 5.95. The van der Waals surface area contributed by atoms with Gasteiger partial charge in [0.05, 0.1) is 18.5 Å². The van der Waals surface area contributed by atoms with Crippen LogP contribution < -0.4 is 25.4 Å². The molecule has 0 unspecified atom stereocenters. The topological polar surface area (TPSA) is 129 Å². The van der Waals surface area contributed by atoms with Crippen molar-refractivity contribution in [3.05, 3.63) is 78.1 Å². The molecule has 3 N–H and O–H groups in total. The predicted molar refractivity (Wildman–Crippen MR) is 157 cm³/mol. The molecule has 4 aromatic rings. The van der Waals surface area contributed by atoms with Gasteiger partial charge in [-0.1, -0.05) is 31.0 Å². The molecule has 3 amide bonds. The fourth-order valence-electron chi connectivity index (χ4n) is 3.97. The van der Waals surface area contributed by atoms with Crippen LogP contribution >= 0.6 is 0 Å². The molecule has 4 rings (SSSR count). The molecule has 41 heavy (non-hydrogen) atoms. The number of anilines is 3. The Balaban J connectivity index is 1.46. The normalized spacial score (nSPS) is 10.6. The number of amides is 3. The maximum Gasteiger partial charge on any atom is 0.324 e. The summed E-state index contributed by atoms with van der Waals surface area (Å²) in [6, 6.07) is 17.7. The number of nitrogens with one attached hydrogen (secondary N) is 3. The van der Waals surface area contributed by atoms with E-state index in [2.05, 4.69) is 27.9 Å². The number of ether oxygens (including phenoxy) is 3. The van der Waals surface area contributed by atoms with Crippen LogP contribution in [0.15, 0.2) is 66.9 Å². The van der Waals surface area contributed by atoms with Gasteiger partial charge in [-0.15, -0.1) is 0 Å². The van der Waals surface area contributed by atoms with Gasteiger partial charge < -0.3 is 24.8 Å². The summed E-state index contributed by atoms with van der Waals surface area (Å²) < 4.78 is 18.0. The lowest BCUT2D eigenvalue weighted by atomic mass is 10.2. The van der Waals surface area contributed by atoms with E-state index in [0.717, 1.165) is 36.2 Å². The molecule has 214 valence electrons. The molecule has 0 atom stereocenters. The minimum atomic E-state index is -0.429. The van der Waals surface area contributed by atoms with Crippen LogP contribution in [0.1, 0.15) is 31.0 Å². The van der Waals surface area contributed by atoms with E-state index in [0.29, 0.717) is 34.6 Å².